The van der Waals surface area contributed by atoms with E-state index >= 15 is 0 Å². The molecule has 6 heteroatoms. The first-order chi connectivity index (χ1) is 9.22. The van der Waals surface area contributed by atoms with Crippen molar-refractivity contribution in [2.75, 3.05) is 0 Å². The van der Waals surface area contributed by atoms with Crippen LogP contribution in [0.4, 0.5) is 0 Å². The lowest BCUT2D eigenvalue weighted by Gasteiger charge is -1.99. The first kappa shape index (κ1) is 11.5. The van der Waals surface area contributed by atoms with Crippen LogP contribution in [-0.4, -0.2) is 25.7 Å². The predicted molar refractivity (Wildman–Crippen MR) is 70.5 cm³/mol. The first-order valence-electron chi connectivity index (χ1n) is 5.93. The highest BCUT2D eigenvalue weighted by molar-refractivity contribution is 5.97. The van der Waals surface area contributed by atoms with Gasteiger partial charge in [-0.05, 0) is 12.1 Å². The number of para-hydroxylation sites is 1. The fourth-order valence-electron chi connectivity index (χ4n) is 1.92. The number of H-pyrrole nitrogens is 1. The number of aryl methyl sites for hydroxylation is 1. The quantitative estimate of drug-likeness (QED) is 0.739. The summed E-state index contributed by atoms with van der Waals surface area (Å²) in [5.74, 6) is 0.426. The lowest BCUT2D eigenvalue weighted by molar-refractivity contribution is 0.0945. The van der Waals surface area contributed by atoms with Crippen LogP contribution in [0.3, 0.4) is 0 Å². The van der Waals surface area contributed by atoms with Gasteiger partial charge in [0.25, 0.3) is 5.91 Å². The van der Waals surface area contributed by atoms with Crippen molar-refractivity contribution in [3.05, 3.63) is 48.2 Å². The topological polar surface area (TPSA) is 75.6 Å². The minimum Gasteiger partial charge on any atom is -0.351 e. The standard InChI is InChI=1S/C13H13N5O/c1-18-8-15-12(17-18)7-14-13(19)11-6-9-4-2-3-5-10(9)16-11/h2-6,8,16H,7H2,1H3,(H,14,19). The molecule has 96 valence electrons. The van der Waals surface area contributed by atoms with E-state index in [1.54, 1.807) is 18.1 Å². The number of rotatable bonds is 3. The van der Waals surface area contributed by atoms with Crippen molar-refractivity contribution >= 4 is 16.8 Å². The van der Waals surface area contributed by atoms with Crippen LogP contribution in [0.25, 0.3) is 10.9 Å². The number of hydrogen-bond donors (Lipinski definition) is 2. The van der Waals surface area contributed by atoms with Gasteiger partial charge >= 0.3 is 0 Å². The second kappa shape index (κ2) is 4.56. The Morgan fingerprint density at radius 2 is 2.26 bits per heavy atom. The number of fused-ring (bicyclic) bond motifs is 1. The molecular formula is C13H13N5O. The summed E-state index contributed by atoms with van der Waals surface area (Å²) < 4.78 is 1.60. The SMILES string of the molecule is Cn1cnc(CNC(=O)c2cc3ccccc3[nH]2)n1. The predicted octanol–water partition coefficient (Wildman–Crippen LogP) is 1.23. The van der Waals surface area contributed by atoms with E-state index in [-0.39, 0.29) is 5.91 Å². The maximum Gasteiger partial charge on any atom is 0.268 e. The maximum atomic E-state index is 12.0. The number of benzene rings is 1. The molecule has 0 bridgehead atoms. The van der Waals surface area contributed by atoms with Crippen molar-refractivity contribution in [1.82, 2.24) is 25.1 Å². The Hall–Kier alpha value is -2.63. The molecular weight excluding hydrogens is 242 g/mol. The number of hydrogen-bond acceptors (Lipinski definition) is 3. The maximum absolute atomic E-state index is 12.0. The zero-order valence-corrected chi connectivity index (χ0v) is 10.4. The number of nitrogens with one attached hydrogen (secondary N) is 2. The fraction of sp³-hybridized carbons (Fsp3) is 0.154. The average Bonchev–Trinajstić information content (AvgIpc) is 3.01. The summed E-state index contributed by atoms with van der Waals surface area (Å²) in [7, 11) is 1.79. The summed E-state index contributed by atoms with van der Waals surface area (Å²) in [6.07, 6.45) is 1.60. The van der Waals surface area contributed by atoms with E-state index in [0.717, 1.165) is 10.9 Å². The van der Waals surface area contributed by atoms with Crippen LogP contribution in [0.2, 0.25) is 0 Å². The average molecular weight is 255 g/mol. The van der Waals surface area contributed by atoms with Crippen LogP contribution < -0.4 is 5.32 Å². The lowest BCUT2D eigenvalue weighted by atomic mass is 10.2. The fourth-order valence-corrected chi connectivity index (χ4v) is 1.92. The van der Waals surface area contributed by atoms with Crippen LogP contribution in [0.15, 0.2) is 36.7 Å². The molecule has 0 atom stereocenters. The Balaban J connectivity index is 1.73. The summed E-state index contributed by atoms with van der Waals surface area (Å²) in [6, 6.07) is 9.60. The summed E-state index contributed by atoms with van der Waals surface area (Å²) in [5, 5.41) is 7.90. The first-order valence-corrected chi connectivity index (χ1v) is 5.93. The van der Waals surface area contributed by atoms with Crippen molar-refractivity contribution in [3.8, 4) is 0 Å². The number of nitrogens with zero attached hydrogens (tertiary/aromatic N) is 3. The van der Waals surface area contributed by atoms with Gasteiger partial charge in [0.05, 0.1) is 6.54 Å². The molecule has 0 saturated heterocycles. The van der Waals surface area contributed by atoms with Gasteiger partial charge in [-0.25, -0.2) is 4.98 Å². The van der Waals surface area contributed by atoms with Gasteiger partial charge in [-0.2, -0.15) is 5.10 Å². The van der Waals surface area contributed by atoms with Gasteiger partial charge in [0, 0.05) is 18.0 Å². The Bertz CT molecular complexity index is 694. The largest absolute Gasteiger partial charge is 0.351 e. The molecule has 1 aromatic carbocycles. The van der Waals surface area contributed by atoms with E-state index in [1.807, 2.05) is 30.3 Å². The van der Waals surface area contributed by atoms with Gasteiger partial charge in [-0.3, -0.25) is 9.48 Å². The molecule has 0 saturated carbocycles. The molecule has 3 aromatic rings. The molecule has 2 aromatic heterocycles. The highest BCUT2D eigenvalue weighted by atomic mass is 16.1. The van der Waals surface area contributed by atoms with Crippen LogP contribution in [0.5, 0.6) is 0 Å². The molecule has 19 heavy (non-hydrogen) atoms. The van der Waals surface area contributed by atoms with Crippen molar-refractivity contribution in [2.24, 2.45) is 7.05 Å². The monoisotopic (exact) mass is 255 g/mol. The van der Waals surface area contributed by atoms with Gasteiger partial charge in [0.15, 0.2) is 5.82 Å². The van der Waals surface area contributed by atoms with Crippen molar-refractivity contribution in [1.29, 1.82) is 0 Å². The third-order valence-electron chi connectivity index (χ3n) is 2.83. The summed E-state index contributed by atoms with van der Waals surface area (Å²) in [5.41, 5.74) is 1.49. The van der Waals surface area contributed by atoms with E-state index in [2.05, 4.69) is 20.4 Å². The number of amides is 1. The zero-order valence-electron chi connectivity index (χ0n) is 10.4. The van der Waals surface area contributed by atoms with Crippen LogP contribution >= 0.6 is 0 Å². The summed E-state index contributed by atoms with van der Waals surface area (Å²) in [6.45, 7) is 0.315. The van der Waals surface area contributed by atoms with Crippen LogP contribution in [-0.2, 0) is 13.6 Å². The van der Waals surface area contributed by atoms with Crippen molar-refractivity contribution in [2.45, 2.75) is 6.54 Å². The molecule has 3 rings (SSSR count). The second-order valence-corrected chi connectivity index (χ2v) is 4.29. The van der Waals surface area contributed by atoms with Gasteiger partial charge in [0.1, 0.15) is 12.0 Å². The minimum atomic E-state index is -0.163. The molecule has 0 unspecified atom stereocenters. The molecule has 0 fully saturated rings. The van der Waals surface area contributed by atoms with E-state index in [9.17, 15) is 4.79 Å². The molecule has 2 heterocycles. The molecule has 1 amide bonds. The van der Waals surface area contributed by atoms with E-state index < -0.39 is 0 Å². The van der Waals surface area contributed by atoms with E-state index in [0.29, 0.717) is 18.1 Å². The second-order valence-electron chi connectivity index (χ2n) is 4.29. The Morgan fingerprint density at radius 1 is 1.42 bits per heavy atom. The number of aromatic nitrogens is 4. The summed E-state index contributed by atoms with van der Waals surface area (Å²) >= 11 is 0. The van der Waals surface area contributed by atoms with Crippen LogP contribution in [0.1, 0.15) is 16.3 Å². The highest BCUT2D eigenvalue weighted by Gasteiger charge is 2.09. The van der Waals surface area contributed by atoms with Crippen LogP contribution in [0, 0.1) is 0 Å². The molecule has 0 aliphatic carbocycles. The molecule has 0 aliphatic rings. The number of carbonyl (C=O) groups is 1. The van der Waals surface area contributed by atoms with E-state index in [4.69, 9.17) is 0 Å². The zero-order chi connectivity index (χ0) is 13.2. The number of carbonyl (C=O) groups excluding carboxylic acids is 1. The highest BCUT2D eigenvalue weighted by Crippen LogP contribution is 2.14. The molecule has 6 nitrogen and oxygen atoms in total. The van der Waals surface area contributed by atoms with Gasteiger partial charge < -0.3 is 10.3 Å². The van der Waals surface area contributed by atoms with Crippen molar-refractivity contribution < 1.29 is 4.79 Å². The Morgan fingerprint density at radius 3 is 3.00 bits per heavy atom. The minimum absolute atomic E-state index is 0.163. The third-order valence-corrected chi connectivity index (χ3v) is 2.83. The van der Waals surface area contributed by atoms with Gasteiger partial charge in [-0.1, -0.05) is 18.2 Å². The van der Waals surface area contributed by atoms with Gasteiger partial charge in [-0.15, -0.1) is 0 Å². The third kappa shape index (κ3) is 2.33. The molecule has 0 spiro atoms. The smallest absolute Gasteiger partial charge is 0.268 e. The normalized spacial score (nSPS) is 10.8. The van der Waals surface area contributed by atoms with Gasteiger partial charge in [0.2, 0.25) is 0 Å². The number of aromatic amines is 1. The Labute approximate surface area is 109 Å². The van der Waals surface area contributed by atoms with Crippen molar-refractivity contribution in [3.63, 3.8) is 0 Å². The summed E-state index contributed by atoms with van der Waals surface area (Å²) in [4.78, 5) is 19.1. The lowest BCUT2D eigenvalue weighted by Crippen LogP contribution is -2.23. The van der Waals surface area contributed by atoms with E-state index in [1.165, 1.54) is 0 Å². The molecule has 0 aliphatic heterocycles. The Kier molecular flexibility index (Phi) is 2.75. The molecule has 0 radical (unpaired) electrons. The molecule has 2 N–H and O–H groups in total.